The maximum atomic E-state index is 12.4. The number of nitro benzene ring substituents is 1. The molecule has 2 rings (SSSR count). The number of non-ortho nitro benzene ring substituents is 1. The number of rotatable bonds is 4. The van der Waals surface area contributed by atoms with Crippen molar-refractivity contribution in [2.24, 2.45) is 5.92 Å². The topological polar surface area (TPSA) is 92.7 Å². The average Bonchev–Trinajstić information content (AvgIpc) is 2.83. The van der Waals surface area contributed by atoms with Gasteiger partial charge in [0.25, 0.3) is 11.6 Å². The van der Waals surface area contributed by atoms with Gasteiger partial charge in [-0.1, -0.05) is 0 Å². The summed E-state index contributed by atoms with van der Waals surface area (Å²) in [7, 11) is 3.76. The van der Waals surface area contributed by atoms with Gasteiger partial charge in [-0.15, -0.1) is 0 Å². The second kappa shape index (κ2) is 6.09. The van der Waals surface area contributed by atoms with Crippen LogP contribution in [0.1, 0.15) is 16.8 Å². The van der Waals surface area contributed by atoms with E-state index in [9.17, 15) is 14.9 Å². The fourth-order valence-electron chi connectivity index (χ4n) is 2.69. The van der Waals surface area contributed by atoms with Crippen molar-refractivity contribution in [3.05, 3.63) is 33.9 Å². The zero-order chi connectivity index (χ0) is 15.6. The highest BCUT2D eigenvalue weighted by Crippen LogP contribution is 2.22. The molecule has 2 N–H and O–H groups in total. The van der Waals surface area contributed by atoms with Crippen LogP contribution in [0.2, 0.25) is 0 Å². The Morgan fingerprint density at radius 2 is 2.29 bits per heavy atom. The first-order valence-corrected chi connectivity index (χ1v) is 6.86. The third-order valence-corrected chi connectivity index (χ3v) is 3.85. The molecule has 1 aliphatic rings. The number of carbonyl (C=O) groups excluding carboxylic acids is 1. The van der Waals surface area contributed by atoms with Crippen LogP contribution in [0.3, 0.4) is 0 Å². The summed E-state index contributed by atoms with van der Waals surface area (Å²) < 4.78 is 0. The second-order valence-corrected chi connectivity index (χ2v) is 5.63. The Morgan fingerprint density at radius 3 is 2.86 bits per heavy atom. The summed E-state index contributed by atoms with van der Waals surface area (Å²) in [6.07, 6.45) is 1.05. The third kappa shape index (κ3) is 3.49. The molecule has 1 heterocycles. The van der Waals surface area contributed by atoms with Crippen molar-refractivity contribution >= 4 is 17.3 Å². The van der Waals surface area contributed by atoms with Gasteiger partial charge in [-0.2, -0.15) is 0 Å². The molecular formula is C14H20N4O3. The highest BCUT2D eigenvalue weighted by molar-refractivity contribution is 5.99. The highest BCUT2D eigenvalue weighted by Gasteiger charge is 2.24. The van der Waals surface area contributed by atoms with E-state index in [1.54, 1.807) is 11.9 Å². The molecule has 0 radical (unpaired) electrons. The van der Waals surface area contributed by atoms with Crippen molar-refractivity contribution in [1.82, 2.24) is 9.80 Å². The molecule has 1 amide bonds. The lowest BCUT2D eigenvalue weighted by Crippen LogP contribution is -2.33. The number of hydrogen-bond donors (Lipinski definition) is 1. The standard InChI is InChI=1S/C14H20N4O3/c1-16-6-5-10(8-16)9-17(2)14(19)12-7-11(18(20)21)3-4-13(12)15/h3-4,7,10H,5-6,8-9,15H2,1-2H3. The maximum Gasteiger partial charge on any atom is 0.270 e. The van der Waals surface area contributed by atoms with E-state index in [1.807, 2.05) is 0 Å². The smallest absolute Gasteiger partial charge is 0.270 e. The van der Waals surface area contributed by atoms with Crippen molar-refractivity contribution in [3.8, 4) is 0 Å². The number of hydrogen-bond acceptors (Lipinski definition) is 5. The molecule has 1 unspecified atom stereocenters. The lowest BCUT2D eigenvalue weighted by Gasteiger charge is -2.21. The SMILES string of the molecule is CN1CCC(CN(C)C(=O)c2cc([N+](=O)[O-])ccc2N)C1. The van der Waals surface area contributed by atoms with Gasteiger partial charge in [0.15, 0.2) is 0 Å². The number of amides is 1. The number of anilines is 1. The molecule has 0 aliphatic carbocycles. The molecule has 21 heavy (non-hydrogen) atoms. The van der Waals surface area contributed by atoms with Gasteiger partial charge in [0, 0.05) is 38.0 Å². The lowest BCUT2D eigenvalue weighted by atomic mass is 10.1. The number of likely N-dealkylation sites (tertiary alicyclic amines) is 1. The van der Waals surface area contributed by atoms with Crippen LogP contribution < -0.4 is 5.73 Å². The Balaban J connectivity index is 2.11. The minimum Gasteiger partial charge on any atom is -0.398 e. The van der Waals surface area contributed by atoms with E-state index in [4.69, 9.17) is 5.73 Å². The van der Waals surface area contributed by atoms with Gasteiger partial charge < -0.3 is 15.5 Å². The minimum absolute atomic E-state index is 0.124. The summed E-state index contributed by atoms with van der Waals surface area (Å²) in [5, 5.41) is 10.8. The fourth-order valence-corrected chi connectivity index (χ4v) is 2.69. The van der Waals surface area contributed by atoms with Crippen LogP contribution in [0.4, 0.5) is 11.4 Å². The summed E-state index contributed by atoms with van der Waals surface area (Å²) in [5.41, 5.74) is 6.11. The molecule has 1 saturated heterocycles. The number of nitrogens with zero attached hydrogens (tertiary/aromatic N) is 3. The van der Waals surface area contributed by atoms with E-state index in [0.29, 0.717) is 12.5 Å². The minimum atomic E-state index is -0.526. The Hall–Kier alpha value is -2.15. The van der Waals surface area contributed by atoms with Crippen molar-refractivity contribution in [1.29, 1.82) is 0 Å². The monoisotopic (exact) mass is 292 g/mol. The molecule has 1 atom stereocenters. The van der Waals surface area contributed by atoms with E-state index in [0.717, 1.165) is 19.5 Å². The molecule has 7 nitrogen and oxygen atoms in total. The summed E-state index contributed by atoms with van der Waals surface area (Å²) in [6, 6.07) is 3.95. The van der Waals surface area contributed by atoms with Crippen LogP contribution in [0.25, 0.3) is 0 Å². The van der Waals surface area contributed by atoms with Crippen LogP contribution in [-0.4, -0.2) is 54.4 Å². The first-order valence-electron chi connectivity index (χ1n) is 6.86. The van der Waals surface area contributed by atoms with E-state index < -0.39 is 4.92 Å². The van der Waals surface area contributed by atoms with Gasteiger partial charge in [-0.3, -0.25) is 14.9 Å². The summed E-state index contributed by atoms with van der Waals surface area (Å²) in [6.45, 7) is 2.62. The van der Waals surface area contributed by atoms with Crippen molar-refractivity contribution in [2.45, 2.75) is 6.42 Å². The quantitative estimate of drug-likeness (QED) is 0.511. The molecule has 0 aromatic heterocycles. The van der Waals surface area contributed by atoms with Crippen molar-refractivity contribution in [3.63, 3.8) is 0 Å². The maximum absolute atomic E-state index is 12.4. The molecule has 7 heteroatoms. The summed E-state index contributed by atoms with van der Waals surface area (Å²) in [5.74, 6) is 0.162. The van der Waals surface area contributed by atoms with Gasteiger partial charge >= 0.3 is 0 Å². The highest BCUT2D eigenvalue weighted by atomic mass is 16.6. The average molecular weight is 292 g/mol. The molecule has 0 spiro atoms. The molecule has 114 valence electrons. The second-order valence-electron chi connectivity index (χ2n) is 5.63. The van der Waals surface area contributed by atoms with Gasteiger partial charge in [0.1, 0.15) is 0 Å². The molecule has 0 bridgehead atoms. The normalized spacial score (nSPS) is 18.7. The molecule has 1 aromatic rings. The van der Waals surface area contributed by atoms with E-state index in [-0.39, 0.29) is 22.8 Å². The Bertz CT molecular complexity index is 561. The number of nitro groups is 1. The first kappa shape index (κ1) is 15.2. The van der Waals surface area contributed by atoms with Crippen LogP contribution >= 0.6 is 0 Å². The third-order valence-electron chi connectivity index (χ3n) is 3.85. The number of carbonyl (C=O) groups is 1. The van der Waals surface area contributed by atoms with Gasteiger partial charge in [0.05, 0.1) is 10.5 Å². The van der Waals surface area contributed by atoms with E-state index >= 15 is 0 Å². The predicted molar refractivity (Wildman–Crippen MR) is 80.1 cm³/mol. The van der Waals surface area contributed by atoms with Gasteiger partial charge in [-0.05, 0) is 32.0 Å². The zero-order valence-corrected chi connectivity index (χ0v) is 12.3. The van der Waals surface area contributed by atoms with Gasteiger partial charge in [0.2, 0.25) is 0 Å². The van der Waals surface area contributed by atoms with Crippen LogP contribution in [0.15, 0.2) is 18.2 Å². The fraction of sp³-hybridized carbons (Fsp3) is 0.500. The predicted octanol–water partition coefficient (Wildman–Crippen LogP) is 1.20. The molecule has 0 saturated carbocycles. The van der Waals surface area contributed by atoms with Crippen LogP contribution in [-0.2, 0) is 0 Å². The first-order chi connectivity index (χ1) is 9.88. The number of nitrogens with two attached hydrogens (primary N) is 1. The molecule has 1 aromatic carbocycles. The van der Waals surface area contributed by atoms with Gasteiger partial charge in [-0.25, -0.2) is 0 Å². The Labute approximate surface area is 123 Å². The molecule has 1 aliphatic heterocycles. The zero-order valence-electron chi connectivity index (χ0n) is 12.3. The van der Waals surface area contributed by atoms with E-state index in [2.05, 4.69) is 11.9 Å². The van der Waals surface area contributed by atoms with Crippen LogP contribution in [0.5, 0.6) is 0 Å². The van der Waals surface area contributed by atoms with Crippen molar-refractivity contribution in [2.75, 3.05) is 39.5 Å². The van der Waals surface area contributed by atoms with Crippen LogP contribution in [0, 0.1) is 16.0 Å². The lowest BCUT2D eigenvalue weighted by molar-refractivity contribution is -0.384. The summed E-state index contributed by atoms with van der Waals surface area (Å²) in [4.78, 5) is 26.5. The largest absolute Gasteiger partial charge is 0.398 e. The number of benzene rings is 1. The van der Waals surface area contributed by atoms with Crippen molar-refractivity contribution < 1.29 is 9.72 Å². The summed E-state index contributed by atoms with van der Waals surface area (Å²) >= 11 is 0. The Morgan fingerprint density at radius 1 is 1.57 bits per heavy atom. The molecule has 1 fully saturated rings. The number of nitrogen functional groups attached to an aromatic ring is 1. The Kier molecular flexibility index (Phi) is 4.42. The van der Waals surface area contributed by atoms with E-state index in [1.165, 1.54) is 18.2 Å². The molecular weight excluding hydrogens is 272 g/mol.